The number of hydrogen-bond acceptors (Lipinski definition) is 7. The first-order valence-electron chi connectivity index (χ1n) is 4.14. The Kier molecular flexibility index (Phi) is 5.75. The van der Waals surface area contributed by atoms with E-state index in [1.54, 1.807) is 0 Å². The van der Waals surface area contributed by atoms with Crippen molar-refractivity contribution in [2.45, 2.75) is 5.37 Å². The van der Waals surface area contributed by atoms with Gasteiger partial charge in [0.25, 0.3) is 20.2 Å². The van der Waals surface area contributed by atoms with E-state index in [0.717, 1.165) is 0 Å². The Bertz CT molecular complexity index is 404. The lowest BCUT2D eigenvalue weighted by Crippen LogP contribution is -2.47. The first-order valence-corrected chi connectivity index (χ1v) is 7.25. The molecule has 0 aromatic heterocycles. The van der Waals surface area contributed by atoms with E-state index in [9.17, 15) is 16.8 Å². The lowest BCUT2D eigenvalue weighted by atomic mass is 10.6. The van der Waals surface area contributed by atoms with E-state index >= 15 is 0 Å². The summed E-state index contributed by atoms with van der Waals surface area (Å²) in [5.41, 5.74) is 7.60. The molecule has 9 nitrogen and oxygen atoms in total. The number of hydrazine groups is 1. The Morgan fingerprint density at radius 3 is 2.19 bits per heavy atom. The summed E-state index contributed by atoms with van der Waals surface area (Å²) in [5.74, 6) is -0.515. The molecule has 0 aliphatic rings. The second-order valence-corrected chi connectivity index (χ2v) is 6.34. The third-order valence-electron chi connectivity index (χ3n) is 1.58. The minimum Gasteiger partial charge on any atom is -0.312 e. The maximum atomic E-state index is 10.5. The fourth-order valence-corrected chi connectivity index (χ4v) is 1.56. The van der Waals surface area contributed by atoms with Crippen molar-refractivity contribution in [3.63, 3.8) is 0 Å². The van der Waals surface area contributed by atoms with Gasteiger partial charge in [-0.15, -0.1) is 0 Å². The van der Waals surface area contributed by atoms with Gasteiger partial charge in [-0.2, -0.15) is 16.8 Å². The summed E-state index contributed by atoms with van der Waals surface area (Å²) in [5, 5.41) is -0.292. The van der Waals surface area contributed by atoms with E-state index in [0.29, 0.717) is 0 Å². The quantitative estimate of drug-likeness (QED) is 0.292. The lowest BCUT2D eigenvalue weighted by molar-refractivity contribution is 0.238. The summed E-state index contributed by atoms with van der Waals surface area (Å²) in [6, 6.07) is 0. The molecule has 0 aromatic carbocycles. The van der Waals surface area contributed by atoms with E-state index in [1.807, 2.05) is 0 Å². The van der Waals surface area contributed by atoms with Gasteiger partial charge in [0.15, 0.2) is 0 Å². The highest BCUT2D eigenvalue weighted by atomic mass is 32.2. The minimum absolute atomic E-state index is 0.104. The van der Waals surface area contributed by atoms with Crippen molar-refractivity contribution >= 4 is 20.2 Å². The molecule has 1 unspecified atom stereocenters. The summed E-state index contributed by atoms with van der Waals surface area (Å²) in [6.07, 6.45) is 0. The van der Waals surface area contributed by atoms with Gasteiger partial charge in [0, 0.05) is 20.1 Å². The first kappa shape index (κ1) is 15.7. The molecule has 0 heterocycles. The molecular weight excluding hydrogens is 262 g/mol. The Hall–Kier alpha value is -0.300. The normalized spacial score (nSPS) is 15.3. The molecule has 0 aliphatic heterocycles. The van der Waals surface area contributed by atoms with Crippen LogP contribution in [-0.4, -0.2) is 62.2 Å². The van der Waals surface area contributed by atoms with Crippen molar-refractivity contribution in [3.8, 4) is 0 Å². The SMILES string of the molecule is CN(CC(N)S(=O)(=O)O)NCCS(=O)(=O)O. The van der Waals surface area contributed by atoms with Crippen LogP contribution in [0.2, 0.25) is 0 Å². The van der Waals surface area contributed by atoms with Crippen LogP contribution in [0.3, 0.4) is 0 Å². The maximum absolute atomic E-state index is 10.5. The van der Waals surface area contributed by atoms with Crippen LogP contribution in [0.15, 0.2) is 0 Å². The van der Waals surface area contributed by atoms with E-state index in [1.165, 1.54) is 12.1 Å². The second-order valence-electron chi connectivity index (χ2n) is 3.13. The molecule has 0 aliphatic carbocycles. The zero-order chi connectivity index (χ0) is 13.0. The average Bonchev–Trinajstić information content (AvgIpc) is 1.99. The standard InChI is InChI=1S/C5H15N3O6S2/c1-8(4-5(6)16(12,13)14)7-2-3-15(9,10)11/h5,7H,2-4,6H2,1H3,(H,9,10,11)(H,12,13,14). The predicted octanol–water partition coefficient (Wildman–Crippen LogP) is -2.52. The van der Waals surface area contributed by atoms with E-state index < -0.39 is 31.4 Å². The van der Waals surface area contributed by atoms with Crippen molar-refractivity contribution in [3.05, 3.63) is 0 Å². The Labute approximate surface area is 94.1 Å². The monoisotopic (exact) mass is 277 g/mol. The number of nitrogens with one attached hydrogen (secondary N) is 1. The van der Waals surface area contributed by atoms with Gasteiger partial charge in [-0.05, 0) is 0 Å². The number of hydrogen-bond donors (Lipinski definition) is 4. The predicted molar refractivity (Wildman–Crippen MR) is 56.6 cm³/mol. The topological polar surface area (TPSA) is 150 Å². The fraction of sp³-hybridized carbons (Fsp3) is 1.00. The molecule has 0 aromatic rings. The molecular formula is C5H15N3O6S2. The third kappa shape index (κ3) is 7.92. The molecule has 0 fully saturated rings. The van der Waals surface area contributed by atoms with E-state index in [-0.39, 0.29) is 13.1 Å². The van der Waals surface area contributed by atoms with Crippen molar-refractivity contribution in [1.82, 2.24) is 10.4 Å². The van der Waals surface area contributed by atoms with Crippen molar-refractivity contribution < 1.29 is 25.9 Å². The van der Waals surface area contributed by atoms with Gasteiger partial charge in [-0.1, -0.05) is 0 Å². The van der Waals surface area contributed by atoms with E-state index in [4.69, 9.17) is 14.8 Å². The maximum Gasteiger partial charge on any atom is 0.282 e. The number of likely N-dealkylation sites (N-methyl/N-ethyl adjacent to an activating group) is 1. The molecule has 11 heteroatoms. The van der Waals surface area contributed by atoms with Crippen LogP contribution < -0.4 is 11.2 Å². The van der Waals surface area contributed by atoms with Crippen LogP contribution in [-0.2, 0) is 20.2 Å². The summed E-state index contributed by atoms with van der Waals surface area (Å²) in [7, 11) is -6.98. The highest BCUT2D eigenvalue weighted by Crippen LogP contribution is 1.92. The van der Waals surface area contributed by atoms with Crippen molar-refractivity contribution in [2.75, 3.05) is 25.9 Å². The number of nitrogens with two attached hydrogens (primary N) is 1. The lowest BCUT2D eigenvalue weighted by Gasteiger charge is -2.20. The second kappa shape index (κ2) is 5.86. The van der Waals surface area contributed by atoms with Crippen LogP contribution in [0.1, 0.15) is 0 Å². The Morgan fingerprint density at radius 1 is 1.31 bits per heavy atom. The van der Waals surface area contributed by atoms with Crippen LogP contribution in [0.4, 0.5) is 0 Å². The molecule has 98 valence electrons. The molecule has 0 saturated carbocycles. The Balaban J connectivity index is 3.97. The summed E-state index contributed by atoms with van der Waals surface area (Å²) >= 11 is 0. The molecule has 0 radical (unpaired) electrons. The summed E-state index contributed by atoms with van der Waals surface area (Å²) in [4.78, 5) is 0. The van der Waals surface area contributed by atoms with Gasteiger partial charge < -0.3 is 5.73 Å². The van der Waals surface area contributed by atoms with Gasteiger partial charge >= 0.3 is 0 Å². The van der Waals surface area contributed by atoms with Gasteiger partial charge in [0.1, 0.15) is 5.37 Å². The summed E-state index contributed by atoms with van der Waals surface area (Å²) in [6.45, 7) is -0.335. The molecule has 0 rings (SSSR count). The van der Waals surface area contributed by atoms with Crippen LogP contribution >= 0.6 is 0 Å². The highest BCUT2D eigenvalue weighted by molar-refractivity contribution is 7.86. The number of nitrogens with zero attached hydrogens (tertiary/aromatic N) is 1. The highest BCUT2D eigenvalue weighted by Gasteiger charge is 2.19. The van der Waals surface area contributed by atoms with E-state index in [2.05, 4.69) is 5.43 Å². The average molecular weight is 277 g/mol. The molecule has 0 saturated heterocycles. The van der Waals surface area contributed by atoms with Gasteiger partial charge in [0.2, 0.25) is 0 Å². The van der Waals surface area contributed by atoms with Crippen LogP contribution in [0.25, 0.3) is 0 Å². The molecule has 5 N–H and O–H groups in total. The minimum atomic E-state index is -4.32. The number of rotatable bonds is 7. The zero-order valence-electron chi connectivity index (χ0n) is 8.57. The first-order chi connectivity index (χ1) is 7.02. The molecule has 0 bridgehead atoms. The molecule has 0 spiro atoms. The van der Waals surface area contributed by atoms with Gasteiger partial charge in [0.05, 0.1) is 5.75 Å². The fourth-order valence-electron chi connectivity index (χ4n) is 0.794. The molecule has 1 atom stereocenters. The van der Waals surface area contributed by atoms with Crippen LogP contribution in [0, 0.1) is 0 Å². The summed E-state index contributed by atoms with van der Waals surface area (Å²) < 4.78 is 58.7. The molecule has 0 amide bonds. The van der Waals surface area contributed by atoms with Crippen molar-refractivity contribution in [2.24, 2.45) is 5.73 Å². The third-order valence-corrected chi connectivity index (χ3v) is 3.21. The smallest absolute Gasteiger partial charge is 0.282 e. The molecule has 16 heavy (non-hydrogen) atoms. The Morgan fingerprint density at radius 2 is 1.81 bits per heavy atom. The largest absolute Gasteiger partial charge is 0.312 e. The van der Waals surface area contributed by atoms with Crippen LogP contribution in [0.5, 0.6) is 0 Å². The zero-order valence-corrected chi connectivity index (χ0v) is 10.2. The van der Waals surface area contributed by atoms with Gasteiger partial charge in [-0.25, -0.2) is 5.01 Å². The van der Waals surface area contributed by atoms with Crippen molar-refractivity contribution in [1.29, 1.82) is 0 Å². The van der Waals surface area contributed by atoms with Gasteiger partial charge in [-0.3, -0.25) is 14.5 Å².